The number of hydrogen-bond acceptors (Lipinski definition) is 3. The van der Waals surface area contributed by atoms with Crippen LogP contribution < -0.4 is 10.5 Å². The number of amides is 2. The molecule has 2 amide bonds. The number of nitrogens with zero attached hydrogens (tertiary/aromatic N) is 1. The van der Waals surface area contributed by atoms with Crippen LogP contribution in [0.15, 0.2) is 24.3 Å². The van der Waals surface area contributed by atoms with Crippen LogP contribution in [0.25, 0.3) is 0 Å². The lowest BCUT2D eigenvalue weighted by atomic mass is 9.97. The number of nitrogens with two attached hydrogens (primary N) is 1. The Bertz CT molecular complexity index is 484. The van der Waals surface area contributed by atoms with Crippen LogP contribution in [0.1, 0.15) is 30.1 Å². The summed E-state index contributed by atoms with van der Waals surface area (Å²) in [6, 6.07) is 7.07. The van der Waals surface area contributed by atoms with E-state index in [9.17, 15) is 9.59 Å². The molecule has 5 nitrogen and oxygen atoms in total. The summed E-state index contributed by atoms with van der Waals surface area (Å²) in [5.74, 6) is 0.140. The molecule has 108 valence electrons. The van der Waals surface area contributed by atoms with Gasteiger partial charge in [-0.05, 0) is 44.0 Å². The van der Waals surface area contributed by atoms with Crippen molar-refractivity contribution >= 4 is 11.8 Å². The maximum absolute atomic E-state index is 12.4. The first-order chi connectivity index (χ1) is 9.61. The van der Waals surface area contributed by atoms with Crippen LogP contribution in [0.5, 0.6) is 5.75 Å². The van der Waals surface area contributed by atoms with E-state index in [1.54, 1.807) is 29.2 Å². The van der Waals surface area contributed by atoms with Crippen molar-refractivity contribution in [1.82, 2.24) is 4.90 Å². The third-order valence-corrected chi connectivity index (χ3v) is 3.52. The summed E-state index contributed by atoms with van der Waals surface area (Å²) in [5, 5.41) is 0. The summed E-state index contributed by atoms with van der Waals surface area (Å²) in [7, 11) is 0. The van der Waals surface area contributed by atoms with Gasteiger partial charge >= 0.3 is 0 Å². The zero-order chi connectivity index (χ0) is 14.5. The summed E-state index contributed by atoms with van der Waals surface area (Å²) < 4.78 is 5.35. The van der Waals surface area contributed by atoms with Gasteiger partial charge in [0, 0.05) is 18.7 Å². The lowest BCUT2D eigenvalue weighted by Gasteiger charge is -2.31. The number of rotatable bonds is 4. The van der Waals surface area contributed by atoms with Crippen molar-refractivity contribution in [2.45, 2.75) is 19.8 Å². The largest absolute Gasteiger partial charge is 0.494 e. The average Bonchev–Trinajstić information content (AvgIpc) is 2.48. The fraction of sp³-hybridized carbons (Fsp3) is 0.467. The van der Waals surface area contributed by atoms with E-state index in [1.807, 2.05) is 6.92 Å². The molecule has 1 heterocycles. The van der Waals surface area contributed by atoms with Gasteiger partial charge in [0.15, 0.2) is 0 Å². The lowest BCUT2D eigenvalue weighted by Crippen LogP contribution is -2.44. The Kier molecular flexibility index (Phi) is 4.61. The Hall–Kier alpha value is -2.04. The van der Waals surface area contributed by atoms with Gasteiger partial charge in [0.25, 0.3) is 5.91 Å². The maximum Gasteiger partial charge on any atom is 0.253 e. The number of hydrogen-bond donors (Lipinski definition) is 1. The second kappa shape index (κ2) is 6.41. The minimum absolute atomic E-state index is 0.0565. The number of carbonyl (C=O) groups is 2. The van der Waals surface area contributed by atoms with Crippen molar-refractivity contribution in [2.75, 3.05) is 19.7 Å². The molecule has 0 radical (unpaired) electrons. The molecule has 1 aliphatic rings. The zero-order valence-electron chi connectivity index (χ0n) is 11.7. The van der Waals surface area contributed by atoms with Crippen LogP contribution in [0.2, 0.25) is 0 Å². The third kappa shape index (κ3) is 3.29. The molecule has 0 aromatic heterocycles. The Balaban J connectivity index is 2.04. The second-order valence-electron chi connectivity index (χ2n) is 4.95. The van der Waals surface area contributed by atoms with E-state index >= 15 is 0 Å². The topological polar surface area (TPSA) is 72.6 Å². The molecule has 1 unspecified atom stereocenters. The molecular formula is C15H20N2O3. The van der Waals surface area contributed by atoms with Gasteiger partial charge in [0.05, 0.1) is 12.5 Å². The first-order valence-corrected chi connectivity index (χ1v) is 6.93. The molecule has 1 aliphatic heterocycles. The monoisotopic (exact) mass is 276 g/mol. The highest BCUT2D eigenvalue weighted by atomic mass is 16.5. The van der Waals surface area contributed by atoms with Gasteiger partial charge in [0.2, 0.25) is 5.91 Å². The zero-order valence-corrected chi connectivity index (χ0v) is 11.7. The predicted molar refractivity (Wildman–Crippen MR) is 75.4 cm³/mol. The lowest BCUT2D eigenvalue weighted by molar-refractivity contribution is -0.123. The molecule has 2 N–H and O–H groups in total. The summed E-state index contributed by atoms with van der Waals surface area (Å²) in [4.78, 5) is 25.3. The van der Waals surface area contributed by atoms with E-state index in [1.165, 1.54) is 0 Å². The van der Waals surface area contributed by atoms with Gasteiger partial charge < -0.3 is 15.4 Å². The second-order valence-corrected chi connectivity index (χ2v) is 4.95. The summed E-state index contributed by atoms with van der Waals surface area (Å²) in [5.41, 5.74) is 5.94. The Morgan fingerprint density at radius 2 is 2.05 bits per heavy atom. The van der Waals surface area contributed by atoms with E-state index in [0.717, 1.165) is 18.6 Å². The molecule has 0 aliphatic carbocycles. The van der Waals surface area contributed by atoms with Gasteiger partial charge in [-0.3, -0.25) is 9.59 Å². The maximum atomic E-state index is 12.4. The Morgan fingerprint density at radius 3 is 2.65 bits per heavy atom. The summed E-state index contributed by atoms with van der Waals surface area (Å²) in [6.07, 6.45) is 1.58. The molecule has 1 saturated heterocycles. The fourth-order valence-electron chi connectivity index (χ4n) is 2.44. The molecule has 0 bridgehead atoms. The summed E-state index contributed by atoms with van der Waals surface area (Å²) in [6.45, 7) is 3.60. The number of piperidine rings is 1. The van der Waals surface area contributed by atoms with Crippen LogP contribution in [0, 0.1) is 5.92 Å². The Morgan fingerprint density at radius 1 is 1.35 bits per heavy atom. The minimum Gasteiger partial charge on any atom is -0.494 e. The molecule has 5 heteroatoms. The van der Waals surface area contributed by atoms with Gasteiger partial charge in [0.1, 0.15) is 5.75 Å². The van der Waals surface area contributed by atoms with Crippen molar-refractivity contribution in [3.63, 3.8) is 0 Å². The molecule has 1 aromatic carbocycles. The molecule has 2 rings (SSSR count). The van der Waals surface area contributed by atoms with Crippen molar-refractivity contribution in [3.8, 4) is 5.75 Å². The molecule has 1 aromatic rings. The van der Waals surface area contributed by atoms with E-state index < -0.39 is 0 Å². The van der Waals surface area contributed by atoms with E-state index in [-0.39, 0.29) is 17.7 Å². The Labute approximate surface area is 118 Å². The van der Waals surface area contributed by atoms with Crippen LogP contribution in [-0.4, -0.2) is 36.4 Å². The van der Waals surface area contributed by atoms with E-state index in [2.05, 4.69) is 0 Å². The standard InChI is InChI=1S/C15H20N2O3/c1-2-20-13-7-5-11(6-8-13)15(19)17-9-3-4-12(10-17)14(16)18/h5-8,12H,2-4,9-10H2,1H3,(H2,16,18). The molecule has 0 saturated carbocycles. The molecule has 1 atom stereocenters. The van der Waals surface area contributed by atoms with E-state index in [0.29, 0.717) is 25.3 Å². The average molecular weight is 276 g/mol. The predicted octanol–water partition coefficient (Wildman–Crippen LogP) is 1.42. The van der Waals surface area contributed by atoms with E-state index in [4.69, 9.17) is 10.5 Å². The minimum atomic E-state index is -0.325. The number of ether oxygens (including phenoxy) is 1. The summed E-state index contributed by atoms with van der Waals surface area (Å²) >= 11 is 0. The smallest absolute Gasteiger partial charge is 0.253 e. The quantitative estimate of drug-likeness (QED) is 0.904. The number of carbonyl (C=O) groups excluding carboxylic acids is 2. The molecule has 0 spiro atoms. The molecule has 1 fully saturated rings. The van der Waals surface area contributed by atoms with Crippen molar-refractivity contribution < 1.29 is 14.3 Å². The first kappa shape index (κ1) is 14.4. The van der Waals surface area contributed by atoms with Crippen molar-refractivity contribution in [3.05, 3.63) is 29.8 Å². The SMILES string of the molecule is CCOc1ccc(C(=O)N2CCCC(C(N)=O)C2)cc1. The van der Waals surface area contributed by atoms with Crippen LogP contribution in [0.3, 0.4) is 0 Å². The third-order valence-electron chi connectivity index (χ3n) is 3.52. The van der Waals surface area contributed by atoms with Crippen LogP contribution in [0.4, 0.5) is 0 Å². The number of likely N-dealkylation sites (tertiary alicyclic amines) is 1. The number of benzene rings is 1. The molecule has 20 heavy (non-hydrogen) atoms. The van der Waals surface area contributed by atoms with Gasteiger partial charge in [-0.1, -0.05) is 0 Å². The van der Waals surface area contributed by atoms with Crippen LogP contribution in [-0.2, 0) is 4.79 Å². The van der Waals surface area contributed by atoms with Crippen molar-refractivity contribution in [1.29, 1.82) is 0 Å². The number of primary amides is 1. The highest BCUT2D eigenvalue weighted by Gasteiger charge is 2.27. The first-order valence-electron chi connectivity index (χ1n) is 6.93. The highest BCUT2D eigenvalue weighted by molar-refractivity contribution is 5.94. The molecular weight excluding hydrogens is 256 g/mol. The fourth-order valence-corrected chi connectivity index (χ4v) is 2.44. The van der Waals surface area contributed by atoms with Gasteiger partial charge in [-0.15, -0.1) is 0 Å². The van der Waals surface area contributed by atoms with Crippen LogP contribution >= 0.6 is 0 Å². The normalized spacial score (nSPS) is 18.6. The van der Waals surface area contributed by atoms with Crippen molar-refractivity contribution in [2.24, 2.45) is 11.7 Å². The highest BCUT2D eigenvalue weighted by Crippen LogP contribution is 2.19. The van der Waals surface area contributed by atoms with Gasteiger partial charge in [-0.2, -0.15) is 0 Å². The van der Waals surface area contributed by atoms with Gasteiger partial charge in [-0.25, -0.2) is 0 Å².